The van der Waals surface area contributed by atoms with Gasteiger partial charge in [0.25, 0.3) is 0 Å². The maximum Gasteiger partial charge on any atom is 0.232 e. The highest BCUT2D eigenvalue weighted by Gasteiger charge is 2.59. The van der Waals surface area contributed by atoms with Crippen LogP contribution in [0.4, 0.5) is 0 Å². The van der Waals surface area contributed by atoms with E-state index < -0.39 is 47.8 Å². The Hall–Kier alpha value is -1.56. The van der Waals surface area contributed by atoms with Crippen molar-refractivity contribution >= 4 is 0 Å². The Labute approximate surface area is 219 Å². The Bertz CT molecular complexity index is 825. The summed E-state index contributed by atoms with van der Waals surface area (Å²) >= 11 is 0. The van der Waals surface area contributed by atoms with E-state index in [0.29, 0.717) is 37.9 Å². The number of ether oxygens (including phenoxy) is 2. The molecule has 1 heterocycles. The molecule has 37 heavy (non-hydrogen) atoms. The normalized spacial score (nSPS) is 31.1. The highest BCUT2D eigenvalue weighted by atomic mass is 16.7. The lowest BCUT2D eigenvalue weighted by Gasteiger charge is -2.51. The lowest BCUT2D eigenvalue weighted by Crippen LogP contribution is -2.70. The van der Waals surface area contributed by atoms with Gasteiger partial charge in [-0.05, 0) is 75.0 Å². The summed E-state index contributed by atoms with van der Waals surface area (Å²) in [5.74, 6) is -0.135. The smallest absolute Gasteiger partial charge is 0.232 e. The minimum absolute atomic E-state index is 0.0806. The number of allylic oxidation sites excluding steroid dienone is 1. The standard InChI is InChI=1S/C28H44O9/c1-2-7-19-10-12-21(13-11-19)36-26-28(35,18-20(8-5-16-29)27(34)14-3-4-15-27)25(33)23(32)24(37-26)22(31)9-6-17-30/h2,10-13,20,22-26,29-35H,1,3-9,14-18H2/t20-,22+,23-,24-,25+,26+,28-/m1/s1. The van der Waals surface area contributed by atoms with E-state index >= 15 is 0 Å². The van der Waals surface area contributed by atoms with Crippen molar-refractivity contribution < 1.29 is 45.2 Å². The second-order valence-corrected chi connectivity index (χ2v) is 10.6. The highest BCUT2D eigenvalue weighted by Crippen LogP contribution is 2.45. The minimum Gasteiger partial charge on any atom is -0.462 e. The van der Waals surface area contributed by atoms with Crippen LogP contribution in [0.3, 0.4) is 0 Å². The van der Waals surface area contributed by atoms with Gasteiger partial charge in [-0.1, -0.05) is 31.1 Å². The molecule has 9 nitrogen and oxygen atoms in total. The van der Waals surface area contributed by atoms with Crippen LogP contribution in [-0.2, 0) is 11.2 Å². The van der Waals surface area contributed by atoms with Gasteiger partial charge < -0.3 is 45.2 Å². The van der Waals surface area contributed by atoms with Crippen molar-refractivity contribution in [1.29, 1.82) is 0 Å². The molecular formula is C28H44O9. The Kier molecular flexibility index (Phi) is 10.9. The van der Waals surface area contributed by atoms with Crippen molar-refractivity contribution in [3.8, 4) is 5.75 Å². The second kappa shape index (κ2) is 13.5. The monoisotopic (exact) mass is 524 g/mol. The lowest BCUT2D eigenvalue weighted by atomic mass is 9.71. The summed E-state index contributed by atoms with van der Waals surface area (Å²) in [5, 5.41) is 74.7. The Morgan fingerprint density at radius 3 is 2.24 bits per heavy atom. The molecule has 2 fully saturated rings. The van der Waals surface area contributed by atoms with Crippen molar-refractivity contribution in [1.82, 2.24) is 0 Å². The fraction of sp³-hybridized carbons (Fsp3) is 0.714. The van der Waals surface area contributed by atoms with Gasteiger partial charge in [0.1, 0.15) is 24.1 Å². The van der Waals surface area contributed by atoms with Gasteiger partial charge in [-0.3, -0.25) is 0 Å². The largest absolute Gasteiger partial charge is 0.462 e. The summed E-state index contributed by atoms with van der Waals surface area (Å²) in [6, 6.07) is 7.07. The molecule has 0 amide bonds. The van der Waals surface area contributed by atoms with Crippen molar-refractivity contribution in [3.63, 3.8) is 0 Å². The number of hydrogen-bond donors (Lipinski definition) is 7. The first-order valence-electron chi connectivity index (χ1n) is 13.4. The Morgan fingerprint density at radius 2 is 1.65 bits per heavy atom. The van der Waals surface area contributed by atoms with Crippen LogP contribution in [0.25, 0.3) is 0 Å². The fourth-order valence-corrected chi connectivity index (χ4v) is 5.77. The van der Waals surface area contributed by atoms with Crippen LogP contribution in [0.1, 0.15) is 63.4 Å². The zero-order valence-corrected chi connectivity index (χ0v) is 21.5. The lowest BCUT2D eigenvalue weighted by molar-refractivity contribution is -0.335. The summed E-state index contributed by atoms with van der Waals surface area (Å²) < 4.78 is 12.0. The maximum atomic E-state index is 11.9. The second-order valence-electron chi connectivity index (χ2n) is 10.6. The van der Waals surface area contributed by atoms with E-state index in [1.54, 1.807) is 18.2 Å². The van der Waals surface area contributed by atoms with Gasteiger partial charge in [0.05, 0.1) is 11.7 Å². The molecule has 0 bridgehead atoms. The molecule has 210 valence electrons. The van der Waals surface area contributed by atoms with Crippen LogP contribution in [0.15, 0.2) is 36.9 Å². The van der Waals surface area contributed by atoms with Gasteiger partial charge in [-0.2, -0.15) is 0 Å². The van der Waals surface area contributed by atoms with E-state index in [4.69, 9.17) is 14.6 Å². The molecule has 1 saturated carbocycles. The molecule has 9 heteroatoms. The number of rotatable bonds is 14. The van der Waals surface area contributed by atoms with E-state index in [-0.39, 0.29) is 32.5 Å². The van der Waals surface area contributed by atoms with Crippen molar-refractivity contribution in [3.05, 3.63) is 42.5 Å². The molecular weight excluding hydrogens is 480 g/mol. The molecule has 1 aromatic carbocycles. The van der Waals surface area contributed by atoms with Crippen LogP contribution < -0.4 is 4.74 Å². The third kappa shape index (κ3) is 7.10. The first-order chi connectivity index (χ1) is 17.7. The molecule has 1 saturated heterocycles. The minimum atomic E-state index is -2.12. The number of aliphatic hydroxyl groups is 7. The number of aliphatic hydroxyl groups excluding tert-OH is 5. The molecule has 2 aliphatic rings. The summed E-state index contributed by atoms with van der Waals surface area (Å²) in [5.41, 5.74) is -2.20. The molecule has 7 N–H and O–H groups in total. The van der Waals surface area contributed by atoms with Crippen molar-refractivity contribution in [2.45, 2.75) is 106 Å². The Balaban J connectivity index is 1.92. The Morgan fingerprint density at radius 1 is 1.03 bits per heavy atom. The summed E-state index contributed by atoms with van der Waals surface area (Å²) in [4.78, 5) is 0. The van der Waals surface area contributed by atoms with E-state index in [1.807, 2.05) is 12.1 Å². The number of hydrogen-bond acceptors (Lipinski definition) is 9. The maximum absolute atomic E-state index is 11.9. The third-order valence-corrected chi connectivity index (χ3v) is 7.96. The number of benzene rings is 1. The molecule has 1 aliphatic heterocycles. The van der Waals surface area contributed by atoms with Crippen molar-refractivity contribution in [2.75, 3.05) is 13.2 Å². The van der Waals surface area contributed by atoms with Crippen LogP contribution >= 0.6 is 0 Å². The predicted molar refractivity (Wildman–Crippen MR) is 137 cm³/mol. The topological polar surface area (TPSA) is 160 Å². The molecule has 0 unspecified atom stereocenters. The molecule has 7 atom stereocenters. The van der Waals surface area contributed by atoms with Gasteiger partial charge >= 0.3 is 0 Å². The van der Waals surface area contributed by atoms with Crippen molar-refractivity contribution in [2.24, 2.45) is 5.92 Å². The molecule has 0 spiro atoms. The first kappa shape index (κ1) is 30.0. The van der Waals surface area contributed by atoms with Crippen LogP contribution in [-0.4, -0.2) is 90.9 Å². The molecule has 0 aromatic heterocycles. The van der Waals surface area contributed by atoms with E-state index in [0.717, 1.165) is 18.4 Å². The van der Waals surface area contributed by atoms with Crippen LogP contribution in [0, 0.1) is 5.92 Å². The summed E-state index contributed by atoms with van der Waals surface area (Å²) in [6.07, 6.45) is -1.09. The molecule has 1 aliphatic carbocycles. The first-order valence-corrected chi connectivity index (χ1v) is 13.4. The predicted octanol–water partition coefficient (Wildman–Crippen LogP) is 1.19. The average molecular weight is 525 g/mol. The highest BCUT2D eigenvalue weighted by molar-refractivity contribution is 5.29. The van der Waals surface area contributed by atoms with Gasteiger partial charge in [0.2, 0.25) is 6.29 Å². The van der Waals surface area contributed by atoms with E-state index in [9.17, 15) is 30.6 Å². The van der Waals surface area contributed by atoms with Gasteiger partial charge in [0, 0.05) is 13.2 Å². The zero-order chi connectivity index (χ0) is 27.1. The van der Waals surface area contributed by atoms with Crippen LogP contribution in [0.5, 0.6) is 5.75 Å². The third-order valence-electron chi connectivity index (χ3n) is 7.96. The van der Waals surface area contributed by atoms with E-state index in [1.165, 1.54) is 0 Å². The molecule has 3 rings (SSSR count). The fourth-order valence-electron chi connectivity index (χ4n) is 5.77. The zero-order valence-electron chi connectivity index (χ0n) is 21.5. The van der Waals surface area contributed by atoms with Gasteiger partial charge in [-0.25, -0.2) is 0 Å². The summed E-state index contributed by atoms with van der Waals surface area (Å²) in [7, 11) is 0. The van der Waals surface area contributed by atoms with Crippen LogP contribution in [0.2, 0.25) is 0 Å². The van der Waals surface area contributed by atoms with Gasteiger partial charge in [0.15, 0.2) is 5.60 Å². The average Bonchev–Trinajstić information content (AvgIpc) is 3.34. The van der Waals surface area contributed by atoms with Gasteiger partial charge in [-0.15, -0.1) is 6.58 Å². The van der Waals surface area contributed by atoms with E-state index in [2.05, 4.69) is 6.58 Å². The summed E-state index contributed by atoms with van der Waals surface area (Å²) in [6.45, 7) is 3.49. The molecule has 0 radical (unpaired) electrons. The SMILES string of the molecule is C=CCc1ccc(O[C@H]2O[C@H]([C@@H](O)CCCO)[C@@H](O)[C@H](O)[C@]2(O)C[C@@H](CCCO)C2(O)CCCC2)cc1. The molecule has 1 aromatic rings. The quantitative estimate of drug-likeness (QED) is 0.177.